The number of hydrogen-bond donors (Lipinski definition) is 0. The van der Waals surface area contributed by atoms with Crippen LogP contribution in [-0.2, 0) is 0 Å². The molecule has 7 nitrogen and oxygen atoms in total. The first kappa shape index (κ1) is 20.8. The van der Waals surface area contributed by atoms with Gasteiger partial charge >= 0.3 is 0 Å². The number of nitriles is 1. The molecule has 2 aromatic carbocycles. The van der Waals surface area contributed by atoms with Gasteiger partial charge in [0.1, 0.15) is 11.8 Å². The molecule has 158 valence electrons. The van der Waals surface area contributed by atoms with E-state index in [0.29, 0.717) is 55.1 Å². The lowest BCUT2D eigenvalue weighted by Gasteiger charge is -2.34. The Labute approximate surface area is 185 Å². The van der Waals surface area contributed by atoms with Crippen LogP contribution in [0.15, 0.2) is 52.9 Å². The first-order valence-corrected chi connectivity index (χ1v) is 10.4. The molecule has 1 amide bonds. The molecular weight excluding hydrogens is 416 g/mol. The third kappa shape index (κ3) is 4.49. The van der Waals surface area contributed by atoms with E-state index in [1.807, 2.05) is 11.8 Å². The average molecular weight is 437 g/mol. The van der Waals surface area contributed by atoms with E-state index in [2.05, 4.69) is 11.1 Å². The van der Waals surface area contributed by atoms with E-state index in [4.69, 9.17) is 20.8 Å². The Hall–Kier alpha value is -3.50. The van der Waals surface area contributed by atoms with E-state index in [0.717, 1.165) is 11.3 Å². The summed E-state index contributed by atoms with van der Waals surface area (Å²) in [5.74, 6) is 1.52. The summed E-state index contributed by atoms with van der Waals surface area (Å²) in [7, 11) is 0. The Morgan fingerprint density at radius 1 is 1.13 bits per heavy atom. The predicted octanol–water partition coefficient (Wildman–Crippen LogP) is 4.23. The molecule has 31 heavy (non-hydrogen) atoms. The fraction of sp³-hybridized carbons (Fsp3) is 0.261. The van der Waals surface area contributed by atoms with Crippen molar-refractivity contribution in [3.63, 3.8) is 0 Å². The molecule has 1 aliphatic rings. The van der Waals surface area contributed by atoms with Gasteiger partial charge in [0.15, 0.2) is 0 Å². The van der Waals surface area contributed by atoms with E-state index in [1.54, 1.807) is 53.4 Å². The molecule has 0 unspecified atom stereocenters. The zero-order chi connectivity index (χ0) is 21.8. The summed E-state index contributed by atoms with van der Waals surface area (Å²) in [6.07, 6.45) is 0. The molecule has 0 atom stereocenters. The minimum absolute atomic E-state index is 0.0253. The van der Waals surface area contributed by atoms with Gasteiger partial charge in [-0.1, -0.05) is 11.6 Å². The molecule has 1 aromatic heterocycles. The van der Waals surface area contributed by atoms with Crippen LogP contribution in [0.25, 0.3) is 11.5 Å². The van der Waals surface area contributed by atoms with Gasteiger partial charge in [0.05, 0.1) is 6.61 Å². The van der Waals surface area contributed by atoms with Crippen molar-refractivity contribution in [2.45, 2.75) is 6.92 Å². The van der Waals surface area contributed by atoms with Crippen LogP contribution in [0, 0.1) is 11.3 Å². The standard InChI is InChI=1S/C23H21ClN4O3/c1-2-30-19-9-5-17(6-10-19)22(29)27-11-13-28(14-12-27)23-20(15-25)26-21(31-23)16-3-7-18(24)8-4-16/h3-10H,2,11-14H2,1H3. The minimum atomic E-state index is -0.0253. The van der Waals surface area contributed by atoms with Crippen LogP contribution in [-0.4, -0.2) is 48.6 Å². The molecule has 0 saturated carbocycles. The average Bonchev–Trinajstić information content (AvgIpc) is 3.24. The largest absolute Gasteiger partial charge is 0.494 e. The fourth-order valence-corrected chi connectivity index (χ4v) is 3.60. The van der Waals surface area contributed by atoms with Gasteiger partial charge in [0, 0.05) is 42.3 Å². The first-order valence-electron chi connectivity index (χ1n) is 10.0. The van der Waals surface area contributed by atoms with Crippen LogP contribution in [0.5, 0.6) is 5.75 Å². The molecule has 0 N–H and O–H groups in total. The van der Waals surface area contributed by atoms with Crippen LogP contribution >= 0.6 is 11.6 Å². The van der Waals surface area contributed by atoms with Crippen molar-refractivity contribution in [3.8, 4) is 23.3 Å². The molecule has 3 aromatic rings. The highest BCUT2D eigenvalue weighted by atomic mass is 35.5. The predicted molar refractivity (Wildman–Crippen MR) is 117 cm³/mol. The van der Waals surface area contributed by atoms with Crippen molar-refractivity contribution in [2.24, 2.45) is 0 Å². The second-order valence-corrected chi connectivity index (χ2v) is 7.46. The van der Waals surface area contributed by atoms with Gasteiger partial charge in [0.25, 0.3) is 5.91 Å². The molecule has 0 spiro atoms. The highest BCUT2D eigenvalue weighted by Gasteiger charge is 2.27. The lowest BCUT2D eigenvalue weighted by molar-refractivity contribution is 0.0745. The molecule has 0 bridgehead atoms. The van der Waals surface area contributed by atoms with Crippen LogP contribution < -0.4 is 9.64 Å². The van der Waals surface area contributed by atoms with Crippen LogP contribution in [0.1, 0.15) is 23.0 Å². The minimum Gasteiger partial charge on any atom is -0.494 e. The molecule has 0 aliphatic carbocycles. The molecule has 1 saturated heterocycles. The highest BCUT2D eigenvalue weighted by molar-refractivity contribution is 6.30. The van der Waals surface area contributed by atoms with E-state index in [1.165, 1.54) is 0 Å². The third-order valence-corrected chi connectivity index (χ3v) is 5.32. The lowest BCUT2D eigenvalue weighted by Crippen LogP contribution is -2.48. The number of nitrogens with zero attached hydrogens (tertiary/aromatic N) is 4. The number of anilines is 1. The molecule has 1 aliphatic heterocycles. The molecule has 2 heterocycles. The Morgan fingerprint density at radius 3 is 2.42 bits per heavy atom. The first-order chi connectivity index (χ1) is 15.1. The summed E-state index contributed by atoms with van der Waals surface area (Å²) >= 11 is 5.94. The maximum atomic E-state index is 12.8. The second kappa shape index (κ2) is 9.11. The summed E-state index contributed by atoms with van der Waals surface area (Å²) < 4.78 is 11.3. The number of halogens is 1. The van der Waals surface area contributed by atoms with Gasteiger partial charge in [-0.15, -0.1) is 0 Å². The smallest absolute Gasteiger partial charge is 0.253 e. The molecule has 1 fully saturated rings. The summed E-state index contributed by atoms with van der Waals surface area (Å²) in [6.45, 7) is 4.64. The maximum absolute atomic E-state index is 12.8. The summed E-state index contributed by atoms with van der Waals surface area (Å²) in [5, 5.41) is 10.1. The van der Waals surface area contributed by atoms with Crippen molar-refractivity contribution in [1.82, 2.24) is 9.88 Å². The number of rotatable bonds is 5. The fourth-order valence-electron chi connectivity index (χ4n) is 3.47. The Morgan fingerprint density at radius 2 is 1.81 bits per heavy atom. The van der Waals surface area contributed by atoms with Gasteiger partial charge in [-0.2, -0.15) is 10.2 Å². The SMILES string of the molecule is CCOc1ccc(C(=O)N2CCN(c3oc(-c4ccc(Cl)cc4)nc3C#N)CC2)cc1. The number of carbonyl (C=O) groups is 1. The maximum Gasteiger partial charge on any atom is 0.253 e. The summed E-state index contributed by atoms with van der Waals surface area (Å²) in [4.78, 5) is 20.9. The highest BCUT2D eigenvalue weighted by Crippen LogP contribution is 2.29. The second-order valence-electron chi connectivity index (χ2n) is 7.03. The van der Waals surface area contributed by atoms with E-state index in [-0.39, 0.29) is 11.6 Å². The van der Waals surface area contributed by atoms with Crippen molar-refractivity contribution in [3.05, 3.63) is 64.8 Å². The number of amides is 1. The van der Waals surface area contributed by atoms with Gasteiger partial charge in [-0.05, 0) is 55.5 Å². The van der Waals surface area contributed by atoms with Gasteiger partial charge in [-0.25, -0.2) is 0 Å². The normalized spacial score (nSPS) is 13.7. The third-order valence-electron chi connectivity index (χ3n) is 5.07. The zero-order valence-corrected chi connectivity index (χ0v) is 17.8. The van der Waals surface area contributed by atoms with Crippen molar-refractivity contribution < 1.29 is 13.9 Å². The topological polar surface area (TPSA) is 82.6 Å². The molecule has 4 rings (SSSR count). The molecule has 8 heteroatoms. The monoisotopic (exact) mass is 436 g/mol. The zero-order valence-electron chi connectivity index (χ0n) is 17.0. The summed E-state index contributed by atoms with van der Waals surface area (Å²) in [5.41, 5.74) is 1.60. The Balaban J connectivity index is 1.44. The van der Waals surface area contributed by atoms with Crippen molar-refractivity contribution >= 4 is 23.4 Å². The van der Waals surface area contributed by atoms with E-state index >= 15 is 0 Å². The van der Waals surface area contributed by atoms with Crippen LogP contribution in [0.3, 0.4) is 0 Å². The number of benzene rings is 2. The Kier molecular flexibility index (Phi) is 6.10. The van der Waals surface area contributed by atoms with E-state index < -0.39 is 0 Å². The molecule has 0 radical (unpaired) electrons. The van der Waals surface area contributed by atoms with Crippen LogP contribution in [0.2, 0.25) is 5.02 Å². The van der Waals surface area contributed by atoms with Gasteiger partial charge in [0.2, 0.25) is 17.5 Å². The van der Waals surface area contributed by atoms with Crippen LogP contribution in [0.4, 0.5) is 5.88 Å². The van der Waals surface area contributed by atoms with Gasteiger partial charge < -0.3 is 19.0 Å². The number of aromatic nitrogens is 1. The number of hydrogen-bond acceptors (Lipinski definition) is 6. The van der Waals surface area contributed by atoms with Gasteiger partial charge in [-0.3, -0.25) is 4.79 Å². The number of ether oxygens (including phenoxy) is 1. The number of piperazine rings is 1. The van der Waals surface area contributed by atoms with Crippen molar-refractivity contribution in [1.29, 1.82) is 5.26 Å². The van der Waals surface area contributed by atoms with Crippen molar-refractivity contribution in [2.75, 3.05) is 37.7 Å². The van der Waals surface area contributed by atoms with E-state index in [9.17, 15) is 10.1 Å². The summed E-state index contributed by atoms with van der Waals surface area (Å²) in [6, 6.07) is 16.4. The lowest BCUT2D eigenvalue weighted by atomic mass is 10.1. The quantitative estimate of drug-likeness (QED) is 0.595. The Bertz CT molecular complexity index is 1100. The number of carbonyl (C=O) groups excluding carboxylic acids is 1. The molecular formula is C23H21ClN4O3. The number of oxazole rings is 1.